The molecule has 1 aromatic carbocycles. The van der Waals surface area contributed by atoms with E-state index in [0.29, 0.717) is 0 Å². The van der Waals surface area contributed by atoms with Gasteiger partial charge in [0.2, 0.25) is 5.76 Å². The molecule has 2 rings (SSSR count). The van der Waals surface area contributed by atoms with Gasteiger partial charge in [0.05, 0.1) is 10.9 Å². The number of rotatable bonds is 2. The van der Waals surface area contributed by atoms with E-state index in [1.54, 1.807) is 0 Å². The molecule has 1 amide bonds. The fourth-order valence-corrected chi connectivity index (χ4v) is 1.68. The second-order valence-corrected chi connectivity index (χ2v) is 3.84. The Morgan fingerprint density at radius 1 is 1.30 bits per heavy atom. The molecule has 1 aromatic heterocycles. The highest BCUT2D eigenvalue weighted by atomic mass is 19.4. The van der Waals surface area contributed by atoms with E-state index >= 15 is 0 Å². The number of carbonyl (C=O) groups excluding carboxylic acids is 1. The first-order chi connectivity index (χ1) is 9.30. The maximum Gasteiger partial charge on any atom is 0.450 e. The van der Waals surface area contributed by atoms with Gasteiger partial charge in [0, 0.05) is 0 Å². The smallest absolute Gasteiger partial charge is 0.450 e. The molecule has 20 heavy (non-hydrogen) atoms. The van der Waals surface area contributed by atoms with Crippen LogP contribution in [0.1, 0.15) is 11.3 Å². The number of carbonyl (C=O) groups is 1. The third kappa shape index (κ3) is 2.58. The van der Waals surface area contributed by atoms with Crippen molar-refractivity contribution in [2.45, 2.75) is 12.8 Å². The molecule has 1 heterocycles. The van der Waals surface area contributed by atoms with Crippen LogP contribution < -0.4 is 11.2 Å². The molecular formula is C12H8F3NO4. The largest absolute Gasteiger partial charge is 0.451 e. The molecule has 0 aliphatic heterocycles. The zero-order valence-electron chi connectivity index (χ0n) is 9.86. The summed E-state index contributed by atoms with van der Waals surface area (Å²) in [5.74, 6) is -1.50. The van der Waals surface area contributed by atoms with Gasteiger partial charge in [-0.3, -0.25) is 4.79 Å². The second-order valence-electron chi connectivity index (χ2n) is 3.84. The van der Waals surface area contributed by atoms with Gasteiger partial charge in [-0.05, 0) is 12.1 Å². The minimum Gasteiger partial charge on any atom is -0.451 e. The fraction of sp³-hybridized carbons (Fsp3) is 0.167. The van der Waals surface area contributed by atoms with Crippen LogP contribution in [0.5, 0.6) is 0 Å². The van der Waals surface area contributed by atoms with Crippen molar-refractivity contribution in [2.24, 2.45) is 5.73 Å². The molecule has 2 N–H and O–H groups in total. The summed E-state index contributed by atoms with van der Waals surface area (Å²) in [6.07, 6.45) is -6.18. The number of fused-ring (bicyclic) bond motifs is 1. The summed E-state index contributed by atoms with van der Waals surface area (Å²) < 4.78 is 47.6. The molecule has 2 aromatic rings. The molecule has 5 nitrogen and oxygen atoms in total. The average Bonchev–Trinajstić information content (AvgIpc) is 2.36. The van der Waals surface area contributed by atoms with Crippen molar-refractivity contribution in [2.75, 3.05) is 0 Å². The molecule has 0 radical (unpaired) electrons. The van der Waals surface area contributed by atoms with Crippen LogP contribution in [-0.4, -0.2) is 6.09 Å². The van der Waals surface area contributed by atoms with Gasteiger partial charge < -0.3 is 14.9 Å². The highest BCUT2D eigenvalue weighted by Crippen LogP contribution is 2.33. The van der Waals surface area contributed by atoms with Crippen molar-refractivity contribution in [3.63, 3.8) is 0 Å². The minimum atomic E-state index is -4.89. The van der Waals surface area contributed by atoms with Gasteiger partial charge in [-0.15, -0.1) is 0 Å². The lowest BCUT2D eigenvalue weighted by atomic mass is 10.1. The molecule has 0 unspecified atom stereocenters. The number of hydrogen-bond donors (Lipinski definition) is 1. The van der Waals surface area contributed by atoms with Gasteiger partial charge in [-0.25, -0.2) is 4.79 Å². The quantitative estimate of drug-likeness (QED) is 0.919. The Bertz CT molecular complexity index is 721. The highest BCUT2D eigenvalue weighted by molar-refractivity contribution is 5.77. The number of nitrogens with two attached hydrogens (primary N) is 1. The zero-order chi connectivity index (χ0) is 14.9. The predicted octanol–water partition coefficient (Wildman–Crippen LogP) is 2.41. The van der Waals surface area contributed by atoms with E-state index in [-0.39, 0.29) is 11.0 Å². The van der Waals surface area contributed by atoms with Gasteiger partial charge in [-0.1, -0.05) is 12.1 Å². The van der Waals surface area contributed by atoms with Crippen LogP contribution in [0.15, 0.2) is 33.5 Å². The topological polar surface area (TPSA) is 82.5 Å². The van der Waals surface area contributed by atoms with Crippen molar-refractivity contribution in [1.82, 2.24) is 0 Å². The summed E-state index contributed by atoms with van der Waals surface area (Å²) >= 11 is 0. The first kappa shape index (κ1) is 13.9. The number of halogens is 3. The maximum atomic E-state index is 12.9. The van der Waals surface area contributed by atoms with Crippen LogP contribution in [0, 0.1) is 0 Å². The van der Waals surface area contributed by atoms with Gasteiger partial charge in [0.15, 0.2) is 5.43 Å². The number of ether oxygens (including phenoxy) is 1. The molecule has 0 spiro atoms. The van der Waals surface area contributed by atoms with Crippen molar-refractivity contribution >= 4 is 17.1 Å². The SMILES string of the molecule is NC(=O)OCc1c(C(F)(F)F)oc2ccccc2c1=O. The summed E-state index contributed by atoms with van der Waals surface area (Å²) in [5, 5.41) is -0.0384. The van der Waals surface area contributed by atoms with E-state index in [1.807, 2.05) is 0 Å². The molecule has 0 aliphatic rings. The summed E-state index contributed by atoms with van der Waals surface area (Å²) in [6.45, 7) is -0.905. The Morgan fingerprint density at radius 2 is 1.95 bits per heavy atom. The molecule has 0 saturated carbocycles. The number of primary amides is 1. The van der Waals surface area contributed by atoms with Crippen molar-refractivity contribution in [1.29, 1.82) is 0 Å². The normalized spacial score (nSPS) is 11.6. The Kier molecular flexibility index (Phi) is 3.39. The average molecular weight is 287 g/mol. The third-order valence-electron chi connectivity index (χ3n) is 2.51. The number of hydrogen-bond acceptors (Lipinski definition) is 4. The number of para-hydroxylation sites is 1. The molecular weight excluding hydrogens is 279 g/mol. The van der Waals surface area contributed by atoms with E-state index in [2.05, 4.69) is 10.5 Å². The van der Waals surface area contributed by atoms with Gasteiger partial charge in [-0.2, -0.15) is 13.2 Å². The van der Waals surface area contributed by atoms with E-state index in [4.69, 9.17) is 4.42 Å². The van der Waals surface area contributed by atoms with E-state index in [0.717, 1.165) is 0 Å². The first-order valence-electron chi connectivity index (χ1n) is 5.35. The van der Waals surface area contributed by atoms with E-state index in [1.165, 1.54) is 24.3 Å². The molecule has 0 aliphatic carbocycles. The van der Waals surface area contributed by atoms with E-state index in [9.17, 15) is 22.8 Å². The highest BCUT2D eigenvalue weighted by Gasteiger charge is 2.39. The lowest BCUT2D eigenvalue weighted by molar-refractivity contribution is -0.154. The fourth-order valence-electron chi connectivity index (χ4n) is 1.68. The second kappa shape index (κ2) is 4.87. The van der Waals surface area contributed by atoms with Crippen LogP contribution in [0.2, 0.25) is 0 Å². The van der Waals surface area contributed by atoms with Crippen LogP contribution in [0.3, 0.4) is 0 Å². The predicted molar refractivity (Wildman–Crippen MR) is 61.9 cm³/mol. The molecule has 0 bridgehead atoms. The monoisotopic (exact) mass is 287 g/mol. The first-order valence-corrected chi connectivity index (χ1v) is 5.35. The Labute approximate surface area is 109 Å². The summed E-state index contributed by atoms with van der Waals surface area (Å²) in [4.78, 5) is 22.5. The molecule has 0 fully saturated rings. The van der Waals surface area contributed by atoms with Crippen LogP contribution in [0.25, 0.3) is 11.0 Å². The molecule has 0 atom stereocenters. The van der Waals surface area contributed by atoms with Crippen molar-refractivity contribution < 1.29 is 27.1 Å². The minimum absolute atomic E-state index is 0.0384. The molecule has 8 heteroatoms. The van der Waals surface area contributed by atoms with Crippen LogP contribution in [-0.2, 0) is 17.5 Å². The number of amides is 1. The lowest BCUT2D eigenvalue weighted by Gasteiger charge is -2.12. The lowest BCUT2D eigenvalue weighted by Crippen LogP contribution is -2.22. The number of benzene rings is 1. The Hall–Kier alpha value is -2.51. The standard InChI is InChI=1S/C12H8F3NO4/c13-12(14,15)10-7(5-19-11(16)18)9(17)6-3-1-2-4-8(6)20-10/h1-4H,5H2,(H2,16,18). The summed E-state index contributed by atoms with van der Waals surface area (Å²) in [7, 11) is 0. The van der Waals surface area contributed by atoms with E-state index < -0.39 is 35.6 Å². The maximum absolute atomic E-state index is 12.9. The number of alkyl halides is 3. The summed E-state index contributed by atoms with van der Waals surface area (Å²) in [6, 6.07) is 5.47. The Morgan fingerprint density at radius 3 is 2.55 bits per heavy atom. The van der Waals surface area contributed by atoms with Gasteiger partial charge in [0.25, 0.3) is 0 Å². The Balaban J connectivity index is 2.70. The molecule has 106 valence electrons. The summed E-state index contributed by atoms with van der Waals surface area (Å²) in [5.41, 5.74) is 2.77. The van der Waals surface area contributed by atoms with Crippen LogP contribution in [0.4, 0.5) is 18.0 Å². The van der Waals surface area contributed by atoms with Crippen molar-refractivity contribution in [3.05, 3.63) is 45.8 Å². The van der Waals surface area contributed by atoms with Crippen molar-refractivity contribution in [3.8, 4) is 0 Å². The zero-order valence-corrected chi connectivity index (χ0v) is 9.86. The van der Waals surface area contributed by atoms with Crippen LogP contribution >= 0.6 is 0 Å². The molecule has 0 saturated heterocycles. The van der Waals surface area contributed by atoms with Gasteiger partial charge >= 0.3 is 12.3 Å². The van der Waals surface area contributed by atoms with Gasteiger partial charge in [0.1, 0.15) is 12.2 Å². The third-order valence-corrected chi connectivity index (χ3v) is 2.51.